The Morgan fingerprint density at radius 3 is 2.94 bits per heavy atom. The highest BCUT2D eigenvalue weighted by molar-refractivity contribution is 8.00. The van der Waals surface area contributed by atoms with Gasteiger partial charge in [-0.3, -0.25) is 4.79 Å². The Hall–Kier alpha value is -1.16. The van der Waals surface area contributed by atoms with Gasteiger partial charge in [0.25, 0.3) is 0 Å². The highest BCUT2D eigenvalue weighted by Gasteiger charge is 2.21. The first-order valence-electron chi connectivity index (χ1n) is 5.91. The van der Waals surface area contributed by atoms with E-state index in [1.807, 2.05) is 25.1 Å². The van der Waals surface area contributed by atoms with Crippen molar-refractivity contribution in [2.75, 3.05) is 18.0 Å². The van der Waals surface area contributed by atoms with Gasteiger partial charge in [-0.2, -0.15) is 0 Å². The Morgan fingerprint density at radius 2 is 2.29 bits per heavy atom. The van der Waals surface area contributed by atoms with Crippen LogP contribution in [0, 0.1) is 12.8 Å². The van der Waals surface area contributed by atoms with E-state index in [1.165, 1.54) is 12.8 Å². The molecular weight excluding hydrogens is 232 g/mol. The van der Waals surface area contributed by atoms with Crippen LogP contribution in [0.25, 0.3) is 0 Å². The van der Waals surface area contributed by atoms with E-state index in [4.69, 9.17) is 5.73 Å². The Morgan fingerprint density at radius 1 is 1.53 bits per heavy atom. The van der Waals surface area contributed by atoms with Gasteiger partial charge < -0.3 is 11.1 Å². The lowest BCUT2D eigenvalue weighted by atomic mass is 10.2. The molecule has 0 unspecified atom stereocenters. The van der Waals surface area contributed by atoms with Gasteiger partial charge in [0.2, 0.25) is 5.91 Å². The number of thioether (sulfide) groups is 1. The van der Waals surface area contributed by atoms with Gasteiger partial charge >= 0.3 is 0 Å². The average molecular weight is 250 g/mol. The van der Waals surface area contributed by atoms with E-state index < -0.39 is 0 Å². The van der Waals surface area contributed by atoms with Crippen LogP contribution in [-0.4, -0.2) is 18.2 Å². The lowest BCUT2D eigenvalue weighted by Gasteiger charge is -2.06. The number of benzene rings is 1. The fraction of sp³-hybridized carbons (Fsp3) is 0.462. The van der Waals surface area contributed by atoms with Crippen molar-refractivity contribution in [1.29, 1.82) is 0 Å². The maximum atomic E-state index is 11.5. The maximum Gasteiger partial charge on any atom is 0.230 e. The van der Waals surface area contributed by atoms with Crippen molar-refractivity contribution in [1.82, 2.24) is 5.32 Å². The van der Waals surface area contributed by atoms with Gasteiger partial charge in [-0.1, -0.05) is 0 Å². The number of hydrogen-bond acceptors (Lipinski definition) is 3. The molecule has 3 N–H and O–H groups in total. The lowest BCUT2D eigenvalue weighted by molar-refractivity contribution is -0.118. The third kappa shape index (κ3) is 3.97. The Kier molecular flexibility index (Phi) is 3.94. The summed E-state index contributed by atoms with van der Waals surface area (Å²) in [5.41, 5.74) is 7.61. The average Bonchev–Trinajstić information content (AvgIpc) is 3.12. The summed E-state index contributed by atoms with van der Waals surface area (Å²) < 4.78 is 0. The first kappa shape index (κ1) is 12.3. The monoisotopic (exact) mass is 250 g/mol. The predicted molar refractivity (Wildman–Crippen MR) is 72.0 cm³/mol. The Labute approximate surface area is 106 Å². The van der Waals surface area contributed by atoms with Gasteiger partial charge in [-0.25, -0.2) is 0 Å². The molecule has 17 heavy (non-hydrogen) atoms. The summed E-state index contributed by atoms with van der Waals surface area (Å²) in [6.45, 7) is 2.83. The molecule has 1 aliphatic carbocycles. The number of aryl methyl sites for hydroxylation is 1. The first-order valence-corrected chi connectivity index (χ1v) is 6.89. The minimum atomic E-state index is 0.122. The van der Waals surface area contributed by atoms with E-state index in [2.05, 4.69) is 5.32 Å². The molecular formula is C13H18N2OS. The van der Waals surface area contributed by atoms with Gasteiger partial charge in [-0.05, 0) is 49.4 Å². The molecule has 0 spiro atoms. The minimum Gasteiger partial charge on any atom is -0.399 e. The number of carbonyl (C=O) groups excluding carboxylic acids is 1. The number of nitrogen functional groups attached to an aromatic ring is 1. The number of nitrogens with two attached hydrogens (primary N) is 1. The summed E-state index contributed by atoms with van der Waals surface area (Å²) >= 11 is 1.56. The highest BCUT2D eigenvalue weighted by atomic mass is 32.2. The number of amides is 1. The molecule has 4 heteroatoms. The second-order valence-corrected chi connectivity index (χ2v) is 5.60. The van der Waals surface area contributed by atoms with Crippen LogP contribution >= 0.6 is 11.8 Å². The minimum absolute atomic E-state index is 0.122. The van der Waals surface area contributed by atoms with E-state index in [-0.39, 0.29) is 5.91 Å². The van der Waals surface area contributed by atoms with Crippen LogP contribution in [0.1, 0.15) is 18.4 Å². The van der Waals surface area contributed by atoms with Gasteiger partial charge in [0.1, 0.15) is 0 Å². The van der Waals surface area contributed by atoms with Crippen LogP contribution in [-0.2, 0) is 4.79 Å². The third-order valence-electron chi connectivity index (χ3n) is 2.90. The molecule has 0 atom stereocenters. The summed E-state index contributed by atoms with van der Waals surface area (Å²) in [6.07, 6.45) is 2.54. The highest BCUT2D eigenvalue weighted by Crippen LogP contribution is 2.27. The molecule has 2 rings (SSSR count). The van der Waals surface area contributed by atoms with Crippen molar-refractivity contribution in [3.8, 4) is 0 Å². The van der Waals surface area contributed by atoms with Crippen LogP contribution in [0.3, 0.4) is 0 Å². The second-order valence-electron chi connectivity index (χ2n) is 4.55. The SMILES string of the molecule is Cc1cc(SCC(=O)NCC2CC2)ccc1N. The van der Waals surface area contributed by atoms with Crippen molar-refractivity contribution in [3.05, 3.63) is 23.8 Å². The molecule has 3 nitrogen and oxygen atoms in total. The molecule has 0 aliphatic heterocycles. The van der Waals surface area contributed by atoms with Crippen LogP contribution in [0.5, 0.6) is 0 Å². The predicted octanol–water partition coefficient (Wildman–Crippen LogP) is 2.20. The summed E-state index contributed by atoms with van der Waals surface area (Å²) in [6, 6.07) is 5.87. The first-order chi connectivity index (χ1) is 8.15. The number of hydrogen-bond donors (Lipinski definition) is 2. The van der Waals surface area contributed by atoms with Crippen molar-refractivity contribution in [2.24, 2.45) is 5.92 Å². The number of anilines is 1. The number of rotatable bonds is 5. The van der Waals surface area contributed by atoms with Crippen LogP contribution in [0.2, 0.25) is 0 Å². The Balaban J connectivity index is 1.75. The number of nitrogens with one attached hydrogen (secondary N) is 1. The molecule has 0 bridgehead atoms. The van der Waals surface area contributed by atoms with Crippen molar-refractivity contribution in [2.45, 2.75) is 24.7 Å². The molecule has 1 aromatic rings. The fourth-order valence-electron chi connectivity index (χ4n) is 1.52. The molecule has 0 aromatic heterocycles. The standard InChI is InChI=1S/C13H18N2OS/c1-9-6-11(4-5-12(9)14)17-8-13(16)15-7-10-2-3-10/h4-6,10H,2-3,7-8,14H2,1H3,(H,15,16). The Bertz CT molecular complexity index is 416. The molecule has 0 heterocycles. The van der Waals surface area contributed by atoms with E-state index in [0.29, 0.717) is 5.75 Å². The van der Waals surface area contributed by atoms with E-state index in [0.717, 1.165) is 28.6 Å². The largest absolute Gasteiger partial charge is 0.399 e. The second kappa shape index (κ2) is 5.45. The molecule has 92 valence electrons. The third-order valence-corrected chi connectivity index (χ3v) is 3.89. The van der Waals surface area contributed by atoms with Crippen molar-refractivity contribution < 1.29 is 4.79 Å². The smallest absolute Gasteiger partial charge is 0.230 e. The molecule has 0 radical (unpaired) electrons. The normalized spacial score (nSPS) is 14.6. The van der Waals surface area contributed by atoms with Gasteiger partial charge in [-0.15, -0.1) is 11.8 Å². The maximum absolute atomic E-state index is 11.5. The van der Waals surface area contributed by atoms with Crippen molar-refractivity contribution >= 4 is 23.4 Å². The molecule has 1 fully saturated rings. The van der Waals surface area contributed by atoms with Crippen LogP contribution < -0.4 is 11.1 Å². The summed E-state index contributed by atoms with van der Waals surface area (Å²) in [5.74, 6) is 1.34. The summed E-state index contributed by atoms with van der Waals surface area (Å²) in [7, 11) is 0. The zero-order valence-electron chi connectivity index (χ0n) is 10.0. The zero-order chi connectivity index (χ0) is 12.3. The quantitative estimate of drug-likeness (QED) is 0.622. The lowest BCUT2D eigenvalue weighted by Crippen LogP contribution is -2.27. The zero-order valence-corrected chi connectivity index (χ0v) is 10.8. The van der Waals surface area contributed by atoms with Crippen LogP contribution in [0.15, 0.2) is 23.1 Å². The van der Waals surface area contributed by atoms with Crippen molar-refractivity contribution in [3.63, 3.8) is 0 Å². The summed E-state index contributed by atoms with van der Waals surface area (Å²) in [4.78, 5) is 12.6. The molecule has 0 saturated heterocycles. The molecule has 1 aromatic carbocycles. The molecule has 1 aliphatic rings. The number of carbonyl (C=O) groups is 1. The fourth-order valence-corrected chi connectivity index (χ4v) is 2.34. The van der Waals surface area contributed by atoms with Crippen LogP contribution in [0.4, 0.5) is 5.69 Å². The molecule has 1 saturated carbocycles. The molecule has 1 amide bonds. The van der Waals surface area contributed by atoms with E-state index in [1.54, 1.807) is 11.8 Å². The van der Waals surface area contributed by atoms with Gasteiger partial charge in [0.05, 0.1) is 5.75 Å². The topological polar surface area (TPSA) is 55.1 Å². The van der Waals surface area contributed by atoms with Gasteiger partial charge in [0, 0.05) is 17.1 Å². The van der Waals surface area contributed by atoms with E-state index >= 15 is 0 Å². The van der Waals surface area contributed by atoms with E-state index in [9.17, 15) is 4.79 Å². The summed E-state index contributed by atoms with van der Waals surface area (Å²) in [5, 5.41) is 2.96. The van der Waals surface area contributed by atoms with Gasteiger partial charge in [0.15, 0.2) is 0 Å².